The molecule has 1 aromatic rings. The SMILES string of the molecule is Cc1nnsc1C(=O)N1CCC(N)CC1C. The molecule has 2 atom stereocenters. The Kier molecular flexibility index (Phi) is 3.20. The average molecular weight is 240 g/mol. The lowest BCUT2D eigenvalue weighted by Crippen LogP contribution is -2.48. The molecule has 0 aliphatic carbocycles. The van der Waals surface area contributed by atoms with E-state index in [4.69, 9.17) is 5.73 Å². The Hall–Kier alpha value is -1.01. The molecular formula is C10H16N4OS. The first-order valence-electron chi connectivity index (χ1n) is 5.45. The summed E-state index contributed by atoms with van der Waals surface area (Å²) in [6.07, 6.45) is 1.75. The summed E-state index contributed by atoms with van der Waals surface area (Å²) < 4.78 is 3.80. The first-order chi connectivity index (χ1) is 7.59. The van der Waals surface area contributed by atoms with Crippen LogP contribution in [0.4, 0.5) is 0 Å². The minimum atomic E-state index is 0.0481. The first-order valence-corrected chi connectivity index (χ1v) is 6.22. The van der Waals surface area contributed by atoms with Crippen LogP contribution in [0.5, 0.6) is 0 Å². The van der Waals surface area contributed by atoms with Gasteiger partial charge in [0.2, 0.25) is 0 Å². The number of nitrogens with two attached hydrogens (primary N) is 1. The molecule has 88 valence electrons. The number of rotatable bonds is 1. The second-order valence-electron chi connectivity index (χ2n) is 4.32. The fraction of sp³-hybridized carbons (Fsp3) is 0.700. The predicted molar refractivity (Wildman–Crippen MR) is 62.4 cm³/mol. The zero-order valence-corrected chi connectivity index (χ0v) is 10.3. The van der Waals surface area contributed by atoms with E-state index in [0.29, 0.717) is 4.88 Å². The number of piperidine rings is 1. The first kappa shape index (κ1) is 11.5. The van der Waals surface area contributed by atoms with Gasteiger partial charge >= 0.3 is 0 Å². The van der Waals surface area contributed by atoms with Crippen molar-refractivity contribution in [3.05, 3.63) is 10.6 Å². The summed E-state index contributed by atoms with van der Waals surface area (Å²) in [5, 5.41) is 3.87. The molecule has 2 N–H and O–H groups in total. The summed E-state index contributed by atoms with van der Waals surface area (Å²) in [5.41, 5.74) is 6.60. The number of carbonyl (C=O) groups is 1. The fourth-order valence-corrected chi connectivity index (χ4v) is 2.68. The van der Waals surface area contributed by atoms with Crippen molar-refractivity contribution >= 4 is 17.4 Å². The molecule has 0 saturated carbocycles. The van der Waals surface area contributed by atoms with Crippen LogP contribution in [0.15, 0.2) is 0 Å². The van der Waals surface area contributed by atoms with Crippen molar-refractivity contribution in [2.24, 2.45) is 5.73 Å². The average Bonchev–Trinajstić information content (AvgIpc) is 2.63. The van der Waals surface area contributed by atoms with Gasteiger partial charge in [0.15, 0.2) is 0 Å². The lowest BCUT2D eigenvalue weighted by atomic mass is 9.99. The molecule has 0 bridgehead atoms. The van der Waals surface area contributed by atoms with Gasteiger partial charge in [0.1, 0.15) is 4.88 Å². The molecule has 1 fully saturated rings. The maximum atomic E-state index is 12.2. The summed E-state index contributed by atoms with van der Waals surface area (Å²) in [6.45, 7) is 4.59. The summed E-state index contributed by atoms with van der Waals surface area (Å²) in [5.74, 6) is 0.0481. The third kappa shape index (κ3) is 2.08. The highest BCUT2D eigenvalue weighted by atomic mass is 32.1. The van der Waals surface area contributed by atoms with Crippen LogP contribution >= 0.6 is 11.5 Å². The Labute approximate surface area is 98.8 Å². The Morgan fingerprint density at radius 3 is 2.94 bits per heavy atom. The fourth-order valence-electron chi connectivity index (χ4n) is 2.07. The second-order valence-corrected chi connectivity index (χ2v) is 5.07. The number of hydrogen-bond donors (Lipinski definition) is 1. The van der Waals surface area contributed by atoms with Crippen molar-refractivity contribution in [2.45, 2.75) is 38.8 Å². The van der Waals surface area contributed by atoms with Gasteiger partial charge in [-0.05, 0) is 38.2 Å². The van der Waals surface area contributed by atoms with Gasteiger partial charge in [0.25, 0.3) is 5.91 Å². The van der Waals surface area contributed by atoms with Crippen LogP contribution in [0.1, 0.15) is 35.1 Å². The van der Waals surface area contributed by atoms with E-state index < -0.39 is 0 Å². The smallest absolute Gasteiger partial charge is 0.267 e. The molecule has 5 nitrogen and oxygen atoms in total. The van der Waals surface area contributed by atoms with Crippen molar-refractivity contribution in [2.75, 3.05) is 6.54 Å². The van der Waals surface area contributed by atoms with Crippen molar-refractivity contribution < 1.29 is 4.79 Å². The topological polar surface area (TPSA) is 72.1 Å². The van der Waals surface area contributed by atoms with Gasteiger partial charge in [-0.2, -0.15) is 0 Å². The molecule has 16 heavy (non-hydrogen) atoms. The molecule has 1 aliphatic rings. The highest BCUT2D eigenvalue weighted by molar-refractivity contribution is 7.07. The third-order valence-corrected chi connectivity index (χ3v) is 3.84. The quantitative estimate of drug-likeness (QED) is 0.788. The van der Waals surface area contributed by atoms with Crippen molar-refractivity contribution in [1.82, 2.24) is 14.5 Å². The largest absolute Gasteiger partial charge is 0.335 e. The summed E-state index contributed by atoms with van der Waals surface area (Å²) in [6, 6.07) is 0.428. The molecule has 2 heterocycles. The molecule has 1 amide bonds. The third-order valence-electron chi connectivity index (χ3n) is 3.02. The normalized spacial score (nSPS) is 25.8. The van der Waals surface area contributed by atoms with Gasteiger partial charge in [0, 0.05) is 18.6 Å². The van der Waals surface area contributed by atoms with Crippen molar-refractivity contribution in [3.63, 3.8) is 0 Å². The van der Waals surface area contributed by atoms with E-state index in [9.17, 15) is 4.79 Å². The molecule has 0 aromatic carbocycles. The Morgan fingerprint density at radius 2 is 2.38 bits per heavy atom. The van der Waals surface area contributed by atoms with Crippen LogP contribution in [0.3, 0.4) is 0 Å². The van der Waals surface area contributed by atoms with Gasteiger partial charge in [-0.15, -0.1) is 5.10 Å². The Balaban J connectivity index is 2.14. The summed E-state index contributed by atoms with van der Waals surface area (Å²) in [7, 11) is 0. The molecule has 1 aromatic heterocycles. The zero-order chi connectivity index (χ0) is 11.7. The van der Waals surface area contributed by atoms with Crippen LogP contribution in [-0.2, 0) is 0 Å². The van der Waals surface area contributed by atoms with Crippen LogP contribution in [0.25, 0.3) is 0 Å². The molecule has 0 spiro atoms. The Bertz CT molecular complexity index is 392. The molecule has 2 rings (SSSR count). The van der Waals surface area contributed by atoms with E-state index >= 15 is 0 Å². The van der Waals surface area contributed by atoms with Crippen LogP contribution < -0.4 is 5.73 Å². The maximum Gasteiger partial charge on any atom is 0.267 e. The summed E-state index contributed by atoms with van der Waals surface area (Å²) in [4.78, 5) is 14.7. The number of nitrogens with zero attached hydrogens (tertiary/aromatic N) is 3. The molecule has 0 radical (unpaired) electrons. The van der Waals surface area contributed by atoms with Crippen molar-refractivity contribution in [1.29, 1.82) is 0 Å². The summed E-state index contributed by atoms with van der Waals surface area (Å²) >= 11 is 1.17. The number of carbonyl (C=O) groups excluding carboxylic acids is 1. The van der Waals surface area contributed by atoms with Gasteiger partial charge in [-0.1, -0.05) is 4.49 Å². The molecule has 2 unspecified atom stereocenters. The van der Waals surface area contributed by atoms with E-state index in [1.165, 1.54) is 11.5 Å². The van der Waals surface area contributed by atoms with Gasteiger partial charge in [-0.3, -0.25) is 4.79 Å². The van der Waals surface area contributed by atoms with Crippen molar-refractivity contribution in [3.8, 4) is 0 Å². The number of hydrogen-bond acceptors (Lipinski definition) is 5. The number of aryl methyl sites for hydroxylation is 1. The highest BCUT2D eigenvalue weighted by Gasteiger charge is 2.29. The minimum absolute atomic E-state index is 0.0481. The minimum Gasteiger partial charge on any atom is -0.335 e. The zero-order valence-electron chi connectivity index (χ0n) is 9.51. The van der Waals surface area contributed by atoms with E-state index in [2.05, 4.69) is 9.59 Å². The lowest BCUT2D eigenvalue weighted by Gasteiger charge is -2.36. The molecule has 1 aliphatic heterocycles. The Morgan fingerprint density at radius 1 is 1.62 bits per heavy atom. The predicted octanol–water partition coefficient (Wildman–Crippen LogP) is 0.798. The maximum absolute atomic E-state index is 12.2. The van der Waals surface area contributed by atoms with Gasteiger partial charge in [-0.25, -0.2) is 0 Å². The van der Waals surface area contributed by atoms with E-state index in [1.54, 1.807) is 0 Å². The molecule has 6 heteroatoms. The standard InChI is InChI=1S/C10H16N4OS/c1-6-5-8(11)3-4-14(6)10(15)9-7(2)12-13-16-9/h6,8H,3-5,11H2,1-2H3. The number of likely N-dealkylation sites (tertiary alicyclic amines) is 1. The monoisotopic (exact) mass is 240 g/mol. The van der Waals surface area contributed by atoms with E-state index in [0.717, 1.165) is 25.1 Å². The van der Waals surface area contributed by atoms with Crippen LogP contribution in [0.2, 0.25) is 0 Å². The lowest BCUT2D eigenvalue weighted by molar-refractivity contribution is 0.0623. The van der Waals surface area contributed by atoms with Crippen LogP contribution in [0, 0.1) is 6.92 Å². The van der Waals surface area contributed by atoms with E-state index in [1.807, 2.05) is 18.7 Å². The van der Waals surface area contributed by atoms with E-state index in [-0.39, 0.29) is 18.0 Å². The van der Waals surface area contributed by atoms with Gasteiger partial charge < -0.3 is 10.6 Å². The molecular weight excluding hydrogens is 224 g/mol. The van der Waals surface area contributed by atoms with Gasteiger partial charge in [0.05, 0.1) is 5.69 Å². The van der Waals surface area contributed by atoms with Crippen LogP contribution in [-0.4, -0.2) is 39.0 Å². The second kappa shape index (κ2) is 4.47. The highest BCUT2D eigenvalue weighted by Crippen LogP contribution is 2.21. The number of amides is 1. The number of aromatic nitrogens is 2. The molecule has 1 saturated heterocycles.